The minimum absolute atomic E-state index is 0.487. The van der Waals surface area contributed by atoms with E-state index < -0.39 is 11.7 Å². The summed E-state index contributed by atoms with van der Waals surface area (Å²) < 4.78 is 38.2. The van der Waals surface area contributed by atoms with Gasteiger partial charge in [-0.25, -0.2) is 9.97 Å². The topological polar surface area (TPSA) is 37.8 Å². The van der Waals surface area contributed by atoms with Gasteiger partial charge in [0.1, 0.15) is 5.82 Å². The fourth-order valence-electron chi connectivity index (χ4n) is 1.86. The van der Waals surface area contributed by atoms with Gasteiger partial charge in [-0.05, 0) is 29.8 Å². The van der Waals surface area contributed by atoms with E-state index >= 15 is 0 Å². The minimum Gasteiger partial charge on any atom is -0.316 e. The SMILES string of the molecule is FC(F)(F)c1cccc(-c2cnc(Nc3ccccn3)s2)c1. The van der Waals surface area contributed by atoms with Crippen LogP contribution in [0.2, 0.25) is 0 Å². The standard InChI is InChI=1S/C15H10F3N3S/c16-15(17,18)11-5-3-4-10(8-11)12-9-20-14(22-12)21-13-6-1-2-7-19-13/h1-9H,(H,19,20,21). The first-order chi connectivity index (χ1) is 10.5. The molecule has 0 aliphatic heterocycles. The molecule has 3 aromatic rings. The zero-order valence-electron chi connectivity index (χ0n) is 11.1. The Kier molecular flexibility index (Phi) is 3.81. The summed E-state index contributed by atoms with van der Waals surface area (Å²) in [5.41, 5.74) is -0.181. The van der Waals surface area contributed by atoms with Crippen LogP contribution in [0.3, 0.4) is 0 Å². The highest BCUT2D eigenvalue weighted by molar-refractivity contribution is 7.18. The fraction of sp³-hybridized carbons (Fsp3) is 0.0667. The van der Waals surface area contributed by atoms with Crippen molar-refractivity contribution in [3.8, 4) is 10.4 Å². The van der Waals surface area contributed by atoms with Crippen LogP contribution in [-0.4, -0.2) is 9.97 Å². The van der Waals surface area contributed by atoms with Crippen LogP contribution in [-0.2, 0) is 6.18 Å². The summed E-state index contributed by atoms with van der Waals surface area (Å²) in [7, 11) is 0. The molecule has 0 unspecified atom stereocenters. The molecule has 1 N–H and O–H groups in total. The number of alkyl halides is 3. The summed E-state index contributed by atoms with van der Waals surface area (Å²) in [6.45, 7) is 0. The molecule has 0 aliphatic carbocycles. The number of nitrogens with zero attached hydrogens (tertiary/aromatic N) is 2. The lowest BCUT2D eigenvalue weighted by Gasteiger charge is -2.07. The molecule has 3 nitrogen and oxygen atoms in total. The van der Waals surface area contributed by atoms with E-state index in [4.69, 9.17) is 0 Å². The first-order valence-electron chi connectivity index (χ1n) is 6.34. The van der Waals surface area contributed by atoms with E-state index in [0.717, 1.165) is 12.1 Å². The highest BCUT2D eigenvalue weighted by Gasteiger charge is 2.30. The predicted octanol–water partition coefficient (Wildman–Crippen LogP) is 4.97. The molecule has 2 heterocycles. The Morgan fingerprint density at radius 1 is 1.00 bits per heavy atom. The normalized spacial score (nSPS) is 11.4. The zero-order chi connectivity index (χ0) is 15.6. The van der Waals surface area contributed by atoms with Crippen molar-refractivity contribution in [1.29, 1.82) is 0 Å². The van der Waals surface area contributed by atoms with Crippen LogP contribution in [0.5, 0.6) is 0 Å². The highest BCUT2D eigenvalue weighted by Crippen LogP contribution is 2.35. The van der Waals surface area contributed by atoms with Crippen LogP contribution >= 0.6 is 11.3 Å². The monoisotopic (exact) mass is 321 g/mol. The molecule has 3 rings (SSSR count). The van der Waals surface area contributed by atoms with Gasteiger partial charge in [0.2, 0.25) is 0 Å². The van der Waals surface area contributed by atoms with Gasteiger partial charge in [-0.15, -0.1) is 0 Å². The second kappa shape index (κ2) is 5.76. The lowest BCUT2D eigenvalue weighted by molar-refractivity contribution is -0.137. The van der Waals surface area contributed by atoms with Crippen LogP contribution in [0.1, 0.15) is 5.56 Å². The van der Waals surface area contributed by atoms with Gasteiger partial charge in [-0.2, -0.15) is 13.2 Å². The Morgan fingerprint density at radius 3 is 2.59 bits per heavy atom. The molecule has 0 amide bonds. The number of rotatable bonds is 3. The highest BCUT2D eigenvalue weighted by atomic mass is 32.1. The van der Waals surface area contributed by atoms with Gasteiger partial charge in [-0.3, -0.25) is 0 Å². The second-order valence-corrected chi connectivity index (χ2v) is 5.48. The average molecular weight is 321 g/mol. The van der Waals surface area contributed by atoms with Crippen LogP contribution < -0.4 is 5.32 Å². The lowest BCUT2D eigenvalue weighted by Crippen LogP contribution is -2.04. The first-order valence-corrected chi connectivity index (χ1v) is 7.15. The maximum Gasteiger partial charge on any atom is 0.416 e. The minimum atomic E-state index is -4.35. The molecule has 0 spiro atoms. The number of pyridine rings is 1. The first kappa shape index (κ1) is 14.5. The Bertz CT molecular complexity index is 769. The molecule has 0 atom stereocenters. The summed E-state index contributed by atoms with van der Waals surface area (Å²) >= 11 is 1.27. The largest absolute Gasteiger partial charge is 0.416 e. The number of aromatic nitrogens is 2. The Labute approximate surface area is 128 Å². The van der Waals surface area contributed by atoms with Crippen molar-refractivity contribution in [1.82, 2.24) is 9.97 Å². The van der Waals surface area contributed by atoms with Gasteiger partial charge < -0.3 is 5.32 Å². The van der Waals surface area contributed by atoms with Gasteiger partial charge in [0.15, 0.2) is 5.13 Å². The van der Waals surface area contributed by atoms with E-state index in [0.29, 0.717) is 21.4 Å². The van der Waals surface area contributed by atoms with E-state index in [2.05, 4.69) is 15.3 Å². The molecule has 0 radical (unpaired) electrons. The zero-order valence-corrected chi connectivity index (χ0v) is 11.9. The van der Waals surface area contributed by atoms with Crippen LogP contribution in [0.15, 0.2) is 54.9 Å². The fourth-order valence-corrected chi connectivity index (χ4v) is 2.68. The predicted molar refractivity (Wildman–Crippen MR) is 80.1 cm³/mol. The number of anilines is 2. The second-order valence-electron chi connectivity index (χ2n) is 4.45. The van der Waals surface area contributed by atoms with Crippen LogP contribution in [0.4, 0.5) is 24.1 Å². The number of halogens is 3. The molecule has 0 saturated heterocycles. The van der Waals surface area contributed by atoms with Gasteiger partial charge in [0.25, 0.3) is 0 Å². The lowest BCUT2D eigenvalue weighted by atomic mass is 10.1. The summed E-state index contributed by atoms with van der Waals surface area (Å²) in [5.74, 6) is 0.632. The Hall–Kier alpha value is -2.41. The summed E-state index contributed by atoms with van der Waals surface area (Å²) in [4.78, 5) is 8.93. The molecule has 7 heteroatoms. The number of nitrogens with one attached hydrogen (secondary N) is 1. The van der Waals surface area contributed by atoms with E-state index in [1.165, 1.54) is 17.4 Å². The van der Waals surface area contributed by atoms with Crippen LogP contribution in [0, 0.1) is 0 Å². The molecule has 112 valence electrons. The summed E-state index contributed by atoms with van der Waals surface area (Å²) in [6.07, 6.45) is -1.16. The number of hydrogen-bond acceptors (Lipinski definition) is 4. The maximum atomic E-state index is 12.7. The van der Waals surface area contributed by atoms with Gasteiger partial charge in [-0.1, -0.05) is 29.5 Å². The quantitative estimate of drug-likeness (QED) is 0.740. The van der Waals surface area contributed by atoms with Crippen molar-refractivity contribution >= 4 is 22.3 Å². The van der Waals surface area contributed by atoms with Crippen molar-refractivity contribution in [3.05, 3.63) is 60.4 Å². The molecule has 22 heavy (non-hydrogen) atoms. The molecular formula is C15H10F3N3S. The third kappa shape index (κ3) is 3.25. The summed E-state index contributed by atoms with van der Waals surface area (Å²) in [6, 6.07) is 10.6. The number of hydrogen-bond donors (Lipinski definition) is 1. The van der Waals surface area contributed by atoms with Gasteiger partial charge in [0.05, 0.1) is 10.4 Å². The smallest absolute Gasteiger partial charge is 0.316 e. The van der Waals surface area contributed by atoms with Crippen molar-refractivity contribution < 1.29 is 13.2 Å². The Morgan fingerprint density at radius 2 is 1.86 bits per heavy atom. The summed E-state index contributed by atoms with van der Waals surface area (Å²) in [5, 5.41) is 3.59. The molecule has 0 saturated carbocycles. The Balaban J connectivity index is 1.85. The van der Waals surface area contributed by atoms with Gasteiger partial charge >= 0.3 is 6.18 Å². The van der Waals surface area contributed by atoms with E-state index in [9.17, 15) is 13.2 Å². The average Bonchev–Trinajstić information content (AvgIpc) is 2.96. The van der Waals surface area contributed by atoms with Crippen molar-refractivity contribution in [2.45, 2.75) is 6.18 Å². The van der Waals surface area contributed by atoms with E-state index in [-0.39, 0.29) is 0 Å². The molecule has 1 aromatic carbocycles. The van der Waals surface area contributed by atoms with Crippen LogP contribution in [0.25, 0.3) is 10.4 Å². The number of thiazole rings is 1. The van der Waals surface area contributed by atoms with Crippen molar-refractivity contribution in [2.75, 3.05) is 5.32 Å². The van der Waals surface area contributed by atoms with Crippen molar-refractivity contribution in [3.63, 3.8) is 0 Å². The molecule has 0 aliphatic rings. The van der Waals surface area contributed by atoms with E-state index in [1.54, 1.807) is 30.6 Å². The van der Waals surface area contributed by atoms with Gasteiger partial charge in [0, 0.05) is 12.4 Å². The molecule has 0 fully saturated rings. The molecule has 2 aromatic heterocycles. The molecule has 0 bridgehead atoms. The molecular weight excluding hydrogens is 311 g/mol. The van der Waals surface area contributed by atoms with Crippen molar-refractivity contribution in [2.24, 2.45) is 0 Å². The van der Waals surface area contributed by atoms with E-state index in [1.807, 2.05) is 6.07 Å². The number of benzene rings is 1. The third-order valence-corrected chi connectivity index (χ3v) is 3.84. The third-order valence-electron chi connectivity index (χ3n) is 2.88. The maximum absolute atomic E-state index is 12.7.